The molecular formula is C17H22N2O2. The van der Waals surface area contributed by atoms with Crippen molar-refractivity contribution < 1.29 is 9.90 Å². The monoisotopic (exact) mass is 286 g/mol. The smallest absolute Gasteiger partial charge is 0.253 e. The zero-order valence-corrected chi connectivity index (χ0v) is 12.4. The Morgan fingerprint density at radius 3 is 3.10 bits per heavy atom. The third kappa shape index (κ3) is 2.68. The highest BCUT2D eigenvalue weighted by molar-refractivity contribution is 6.05. The lowest BCUT2D eigenvalue weighted by Crippen LogP contribution is -2.53. The standard InChI is InChI=1S/C17H22N2O2/c1-12-4-3-8-17(10-12,11-20)19-16(21)14-6-2-5-13-7-9-18-15(13)14/h2,5-7,9,12,18,20H,3-4,8,10-11H2,1H3,(H,19,21). The molecule has 112 valence electrons. The molecule has 0 spiro atoms. The third-order valence-electron chi connectivity index (χ3n) is 4.60. The number of para-hydroxylation sites is 1. The quantitative estimate of drug-likeness (QED) is 0.812. The Morgan fingerprint density at radius 1 is 1.48 bits per heavy atom. The van der Waals surface area contributed by atoms with Crippen molar-refractivity contribution in [2.45, 2.75) is 38.1 Å². The summed E-state index contributed by atoms with van der Waals surface area (Å²) in [5.74, 6) is 0.429. The fourth-order valence-electron chi connectivity index (χ4n) is 3.54. The molecule has 1 heterocycles. The van der Waals surface area contributed by atoms with Crippen LogP contribution in [0.2, 0.25) is 0 Å². The highest BCUT2D eigenvalue weighted by atomic mass is 16.3. The van der Waals surface area contributed by atoms with Crippen molar-refractivity contribution in [2.75, 3.05) is 6.61 Å². The zero-order valence-electron chi connectivity index (χ0n) is 12.4. The Hall–Kier alpha value is -1.81. The van der Waals surface area contributed by atoms with Crippen molar-refractivity contribution in [3.63, 3.8) is 0 Å². The van der Waals surface area contributed by atoms with Crippen LogP contribution in [0.25, 0.3) is 10.9 Å². The number of H-pyrrole nitrogens is 1. The lowest BCUT2D eigenvalue weighted by molar-refractivity contribution is 0.0698. The third-order valence-corrected chi connectivity index (χ3v) is 4.60. The SMILES string of the molecule is CC1CCCC(CO)(NC(=O)c2cccc3cc[nH]c23)C1. The number of aromatic nitrogens is 1. The molecule has 0 radical (unpaired) electrons. The summed E-state index contributed by atoms with van der Waals surface area (Å²) < 4.78 is 0. The predicted octanol–water partition coefficient (Wildman–Crippen LogP) is 2.84. The first-order valence-corrected chi connectivity index (χ1v) is 7.63. The first kappa shape index (κ1) is 14.1. The summed E-state index contributed by atoms with van der Waals surface area (Å²) >= 11 is 0. The van der Waals surface area contributed by atoms with E-state index < -0.39 is 5.54 Å². The Bertz CT molecular complexity index is 649. The Kier molecular flexibility index (Phi) is 3.72. The Labute approximate surface area is 124 Å². The van der Waals surface area contributed by atoms with Gasteiger partial charge in [-0.05, 0) is 30.9 Å². The lowest BCUT2D eigenvalue weighted by Gasteiger charge is -2.39. The van der Waals surface area contributed by atoms with Gasteiger partial charge in [0, 0.05) is 11.6 Å². The van der Waals surface area contributed by atoms with Crippen LogP contribution in [-0.2, 0) is 0 Å². The van der Waals surface area contributed by atoms with Crippen molar-refractivity contribution in [1.82, 2.24) is 10.3 Å². The summed E-state index contributed by atoms with van der Waals surface area (Å²) in [4.78, 5) is 15.8. The van der Waals surface area contributed by atoms with Crippen LogP contribution in [0.15, 0.2) is 30.5 Å². The van der Waals surface area contributed by atoms with Gasteiger partial charge in [-0.3, -0.25) is 4.79 Å². The molecule has 0 saturated heterocycles. The number of aromatic amines is 1. The van der Waals surface area contributed by atoms with Crippen molar-refractivity contribution >= 4 is 16.8 Å². The molecule has 2 aromatic rings. The molecule has 1 fully saturated rings. The van der Waals surface area contributed by atoms with E-state index >= 15 is 0 Å². The molecule has 4 heteroatoms. The van der Waals surface area contributed by atoms with Gasteiger partial charge in [0.1, 0.15) is 0 Å². The highest BCUT2D eigenvalue weighted by Gasteiger charge is 2.36. The van der Waals surface area contributed by atoms with Crippen molar-refractivity contribution in [2.24, 2.45) is 5.92 Å². The van der Waals surface area contributed by atoms with Gasteiger partial charge in [-0.25, -0.2) is 0 Å². The maximum absolute atomic E-state index is 12.7. The van der Waals surface area contributed by atoms with E-state index in [-0.39, 0.29) is 12.5 Å². The predicted molar refractivity (Wildman–Crippen MR) is 83.2 cm³/mol. The van der Waals surface area contributed by atoms with Gasteiger partial charge in [-0.1, -0.05) is 31.9 Å². The van der Waals surface area contributed by atoms with E-state index in [4.69, 9.17) is 0 Å². The molecule has 3 rings (SSSR count). The molecule has 1 aliphatic rings. The van der Waals surface area contributed by atoms with E-state index in [1.54, 1.807) is 0 Å². The first-order chi connectivity index (χ1) is 10.1. The highest BCUT2D eigenvalue weighted by Crippen LogP contribution is 2.32. The minimum absolute atomic E-state index is 0.00375. The summed E-state index contributed by atoms with van der Waals surface area (Å²) in [6, 6.07) is 7.65. The average molecular weight is 286 g/mol. The molecular weight excluding hydrogens is 264 g/mol. The van der Waals surface area contributed by atoms with Crippen molar-refractivity contribution in [3.05, 3.63) is 36.0 Å². The molecule has 1 aromatic heterocycles. The maximum atomic E-state index is 12.7. The van der Waals surface area contributed by atoms with Crippen molar-refractivity contribution in [1.29, 1.82) is 0 Å². The molecule has 1 saturated carbocycles. The second-order valence-corrected chi connectivity index (χ2v) is 6.34. The molecule has 2 unspecified atom stereocenters. The van der Waals surface area contributed by atoms with E-state index in [2.05, 4.69) is 17.2 Å². The van der Waals surface area contributed by atoms with Gasteiger partial charge in [0.05, 0.1) is 23.2 Å². The summed E-state index contributed by atoms with van der Waals surface area (Å²) in [6.07, 6.45) is 5.75. The Morgan fingerprint density at radius 2 is 2.33 bits per heavy atom. The van der Waals surface area contributed by atoms with E-state index in [9.17, 15) is 9.90 Å². The zero-order chi connectivity index (χ0) is 14.9. The molecule has 21 heavy (non-hydrogen) atoms. The van der Waals surface area contributed by atoms with E-state index in [1.165, 1.54) is 6.42 Å². The molecule has 2 atom stereocenters. The van der Waals surface area contributed by atoms with Gasteiger partial charge in [0.2, 0.25) is 0 Å². The number of hydrogen-bond acceptors (Lipinski definition) is 2. The fraction of sp³-hybridized carbons (Fsp3) is 0.471. The lowest BCUT2D eigenvalue weighted by atomic mass is 9.76. The molecule has 4 nitrogen and oxygen atoms in total. The number of aliphatic hydroxyl groups excluding tert-OH is 1. The van der Waals surface area contributed by atoms with Crippen LogP contribution >= 0.6 is 0 Å². The average Bonchev–Trinajstić information content (AvgIpc) is 2.95. The normalized spacial score (nSPS) is 25.9. The summed E-state index contributed by atoms with van der Waals surface area (Å²) in [7, 11) is 0. The van der Waals surface area contributed by atoms with Crippen LogP contribution in [0.3, 0.4) is 0 Å². The number of aliphatic hydroxyl groups is 1. The molecule has 1 aromatic carbocycles. The first-order valence-electron chi connectivity index (χ1n) is 7.63. The van der Waals surface area contributed by atoms with Gasteiger partial charge < -0.3 is 15.4 Å². The molecule has 3 N–H and O–H groups in total. The summed E-state index contributed by atoms with van der Waals surface area (Å²) in [6.45, 7) is 2.19. The van der Waals surface area contributed by atoms with Gasteiger partial charge in [0.15, 0.2) is 0 Å². The number of carbonyl (C=O) groups is 1. The van der Waals surface area contributed by atoms with E-state index in [0.717, 1.165) is 30.2 Å². The molecule has 1 amide bonds. The van der Waals surface area contributed by atoms with Crippen LogP contribution in [0.4, 0.5) is 0 Å². The van der Waals surface area contributed by atoms with Gasteiger partial charge in [0.25, 0.3) is 5.91 Å². The largest absolute Gasteiger partial charge is 0.394 e. The van der Waals surface area contributed by atoms with Crippen molar-refractivity contribution in [3.8, 4) is 0 Å². The molecule has 0 aliphatic heterocycles. The van der Waals surface area contributed by atoms with Crippen LogP contribution in [-0.4, -0.2) is 28.1 Å². The van der Waals surface area contributed by atoms with Crippen LogP contribution in [0, 0.1) is 5.92 Å². The van der Waals surface area contributed by atoms with Crippen LogP contribution in [0.1, 0.15) is 43.0 Å². The van der Waals surface area contributed by atoms with Gasteiger partial charge in [-0.2, -0.15) is 0 Å². The molecule has 0 bridgehead atoms. The fourth-order valence-corrected chi connectivity index (χ4v) is 3.54. The number of benzene rings is 1. The summed E-state index contributed by atoms with van der Waals surface area (Å²) in [5.41, 5.74) is 1.03. The minimum Gasteiger partial charge on any atom is -0.394 e. The second kappa shape index (κ2) is 5.53. The van der Waals surface area contributed by atoms with Crippen LogP contribution < -0.4 is 5.32 Å². The van der Waals surface area contributed by atoms with E-state index in [0.29, 0.717) is 11.5 Å². The minimum atomic E-state index is -0.469. The number of rotatable bonds is 3. The second-order valence-electron chi connectivity index (χ2n) is 6.34. The Balaban J connectivity index is 1.86. The summed E-state index contributed by atoms with van der Waals surface area (Å²) in [5, 5.41) is 13.9. The van der Waals surface area contributed by atoms with Gasteiger partial charge >= 0.3 is 0 Å². The number of hydrogen-bond donors (Lipinski definition) is 3. The number of nitrogens with one attached hydrogen (secondary N) is 2. The number of carbonyl (C=O) groups excluding carboxylic acids is 1. The number of amides is 1. The maximum Gasteiger partial charge on any atom is 0.253 e. The topological polar surface area (TPSA) is 65.1 Å². The number of fused-ring (bicyclic) bond motifs is 1. The van der Waals surface area contributed by atoms with Crippen LogP contribution in [0.5, 0.6) is 0 Å². The molecule has 1 aliphatic carbocycles. The van der Waals surface area contributed by atoms with Gasteiger partial charge in [-0.15, -0.1) is 0 Å². The van der Waals surface area contributed by atoms with E-state index in [1.807, 2.05) is 30.5 Å².